The van der Waals surface area contributed by atoms with Crippen LogP contribution in [0.5, 0.6) is 11.5 Å². The number of Topliss-reactive ketones (excluding diaryl/α,β-unsaturated/α-hetero) is 1. The van der Waals surface area contributed by atoms with Crippen LogP contribution in [0.2, 0.25) is 0 Å². The second kappa shape index (κ2) is 5.87. The van der Waals surface area contributed by atoms with Gasteiger partial charge in [0.15, 0.2) is 11.5 Å². The molecule has 0 atom stereocenters. The number of H-pyrrole nitrogens is 1. The van der Waals surface area contributed by atoms with Crippen molar-refractivity contribution >= 4 is 16.7 Å². The SMILES string of the molecule is CC(C)(C)c1cc2ccc(CC(=O)C3(c4ccc5c(c4)OCO5)CC3)cc2[nH]1.[HH]. The maximum Gasteiger partial charge on any atom is 0.231 e. The summed E-state index contributed by atoms with van der Waals surface area (Å²) in [5, 5.41) is 1.19. The zero-order valence-electron chi connectivity index (χ0n) is 16.6. The normalized spacial score (nSPS) is 17.1. The Hall–Kier alpha value is -2.75. The van der Waals surface area contributed by atoms with E-state index in [4.69, 9.17) is 9.47 Å². The van der Waals surface area contributed by atoms with Gasteiger partial charge in [-0.25, -0.2) is 0 Å². The summed E-state index contributed by atoms with van der Waals surface area (Å²) in [7, 11) is 0. The van der Waals surface area contributed by atoms with Crippen molar-refractivity contribution in [3.63, 3.8) is 0 Å². The second-order valence-electron chi connectivity index (χ2n) is 9.10. The summed E-state index contributed by atoms with van der Waals surface area (Å²) in [4.78, 5) is 16.7. The Labute approximate surface area is 166 Å². The minimum Gasteiger partial charge on any atom is -0.454 e. The molecule has 5 rings (SSSR count). The van der Waals surface area contributed by atoms with E-state index in [9.17, 15) is 4.79 Å². The van der Waals surface area contributed by atoms with E-state index < -0.39 is 0 Å². The fourth-order valence-corrected chi connectivity index (χ4v) is 4.09. The molecule has 0 saturated heterocycles. The molecule has 3 aromatic rings. The fourth-order valence-electron chi connectivity index (χ4n) is 4.09. The molecule has 2 aliphatic rings. The Bertz CT molecular complexity index is 1090. The van der Waals surface area contributed by atoms with Crippen LogP contribution in [-0.4, -0.2) is 17.6 Å². The molecule has 1 aromatic heterocycles. The summed E-state index contributed by atoms with van der Waals surface area (Å²) in [6.45, 7) is 6.85. The average Bonchev–Trinajstić information content (AvgIpc) is 3.13. The van der Waals surface area contributed by atoms with Crippen molar-refractivity contribution in [2.24, 2.45) is 0 Å². The molecule has 1 saturated carbocycles. The van der Waals surface area contributed by atoms with Crippen LogP contribution in [0, 0.1) is 0 Å². The molecule has 4 heteroatoms. The standard InChI is InChI=1S/C24H25NO3.H2/c1-23(2,3)21-12-16-5-4-15(10-18(16)25-21)11-22(26)24(8-9-24)17-6-7-19-20(13-17)28-14-27-19;/h4-7,10,12-13,25H,8-9,11,14H2,1-3H3;1H. The van der Waals surface area contributed by atoms with Crippen LogP contribution < -0.4 is 9.47 Å². The summed E-state index contributed by atoms with van der Waals surface area (Å²) in [5.41, 5.74) is 4.15. The highest BCUT2D eigenvalue weighted by molar-refractivity contribution is 5.95. The number of rotatable bonds is 4. The van der Waals surface area contributed by atoms with E-state index in [0.29, 0.717) is 6.42 Å². The smallest absolute Gasteiger partial charge is 0.231 e. The van der Waals surface area contributed by atoms with E-state index in [2.05, 4.69) is 50.0 Å². The third-order valence-electron chi connectivity index (χ3n) is 6.07. The summed E-state index contributed by atoms with van der Waals surface area (Å²) >= 11 is 0. The van der Waals surface area contributed by atoms with Gasteiger partial charge in [-0.05, 0) is 53.6 Å². The highest BCUT2D eigenvalue weighted by Gasteiger charge is 2.50. The topological polar surface area (TPSA) is 51.3 Å². The van der Waals surface area contributed by atoms with E-state index in [1.54, 1.807) is 0 Å². The minimum absolute atomic E-state index is 0. The van der Waals surface area contributed by atoms with Crippen LogP contribution >= 0.6 is 0 Å². The van der Waals surface area contributed by atoms with Gasteiger partial charge in [-0.1, -0.05) is 39.0 Å². The number of carbonyl (C=O) groups is 1. The summed E-state index contributed by atoms with van der Waals surface area (Å²) in [6, 6.07) is 14.4. The van der Waals surface area contributed by atoms with Crippen molar-refractivity contribution in [1.29, 1.82) is 0 Å². The third-order valence-corrected chi connectivity index (χ3v) is 6.07. The molecule has 146 valence electrons. The first-order valence-electron chi connectivity index (χ1n) is 9.91. The van der Waals surface area contributed by atoms with Crippen molar-refractivity contribution in [2.45, 2.75) is 50.9 Å². The lowest BCUT2D eigenvalue weighted by Gasteiger charge is -2.15. The first-order chi connectivity index (χ1) is 13.3. The first-order valence-corrected chi connectivity index (χ1v) is 9.91. The van der Waals surface area contributed by atoms with E-state index >= 15 is 0 Å². The minimum atomic E-state index is -0.359. The molecule has 0 amide bonds. The van der Waals surface area contributed by atoms with Crippen molar-refractivity contribution in [1.82, 2.24) is 4.98 Å². The molecule has 2 aromatic carbocycles. The van der Waals surface area contributed by atoms with Gasteiger partial charge >= 0.3 is 0 Å². The molecule has 1 aliphatic heterocycles. The van der Waals surface area contributed by atoms with Gasteiger partial charge < -0.3 is 14.5 Å². The Kier molecular flexibility index (Phi) is 3.64. The number of hydrogen-bond acceptors (Lipinski definition) is 3. The lowest BCUT2D eigenvalue weighted by atomic mass is 9.87. The molecule has 28 heavy (non-hydrogen) atoms. The van der Waals surface area contributed by atoms with Gasteiger partial charge in [0.05, 0.1) is 5.41 Å². The van der Waals surface area contributed by atoms with E-state index in [-0.39, 0.29) is 24.8 Å². The maximum atomic E-state index is 13.2. The molecule has 0 radical (unpaired) electrons. The largest absolute Gasteiger partial charge is 0.454 e. The summed E-state index contributed by atoms with van der Waals surface area (Å²) in [5.74, 6) is 1.80. The Morgan fingerprint density at radius 3 is 2.61 bits per heavy atom. The number of aromatic nitrogens is 1. The molecule has 0 spiro atoms. The number of ketones is 1. The van der Waals surface area contributed by atoms with Gasteiger partial charge in [-0.15, -0.1) is 0 Å². The van der Waals surface area contributed by atoms with E-state index in [1.807, 2.05) is 18.2 Å². The average molecular weight is 377 g/mol. The summed E-state index contributed by atoms with van der Waals surface area (Å²) in [6.07, 6.45) is 2.27. The number of aromatic amines is 1. The number of carbonyl (C=O) groups excluding carboxylic acids is 1. The number of nitrogens with one attached hydrogen (secondary N) is 1. The maximum absolute atomic E-state index is 13.2. The van der Waals surface area contributed by atoms with Crippen LogP contribution in [0.25, 0.3) is 10.9 Å². The zero-order chi connectivity index (χ0) is 19.5. The van der Waals surface area contributed by atoms with Crippen molar-refractivity contribution in [3.05, 3.63) is 59.3 Å². The Morgan fingerprint density at radius 1 is 1.07 bits per heavy atom. The summed E-state index contributed by atoms with van der Waals surface area (Å²) < 4.78 is 10.9. The van der Waals surface area contributed by atoms with Gasteiger partial charge in [-0.2, -0.15) is 0 Å². The fraction of sp³-hybridized carbons (Fsp3) is 0.375. The predicted octanol–water partition coefficient (Wildman–Crippen LogP) is 5.28. The van der Waals surface area contributed by atoms with Gasteiger partial charge in [0.25, 0.3) is 0 Å². The van der Waals surface area contributed by atoms with Crippen LogP contribution in [0.15, 0.2) is 42.5 Å². The molecule has 1 aliphatic carbocycles. The molecule has 4 nitrogen and oxygen atoms in total. The van der Waals surface area contributed by atoms with Crippen LogP contribution in [0.4, 0.5) is 0 Å². The predicted molar refractivity (Wildman–Crippen MR) is 111 cm³/mol. The highest BCUT2D eigenvalue weighted by atomic mass is 16.7. The van der Waals surface area contributed by atoms with Gasteiger partial charge in [0.2, 0.25) is 6.79 Å². The molecule has 1 fully saturated rings. The van der Waals surface area contributed by atoms with Gasteiger partial charge in [-0.3, -0.25) is 4.79 Å². The molecular formula is C24H27NO3. The van der Waals surface area contributed by atoms with Gasteiger partial charge in [0, 0.05) is 24.5 Å². The number of ether oxygens (including phenoxy) is 2. The monoisotopic (exact) mass is 377 g/mol. The molecule has 0 bridgehead atoms. The second-order valence-corrected chi connectivity index (χ2v) is 9.10. The van der Waals surface area contributed by atoms with Crippen molar-refractivity contribution in [2.75, 3.05) is 6.79 Å². The van der Waals surface area contributed by atoms with E-state index in [1.165, 1.54) is 11.1 Å². The Morgan fingerprint density at radius 2 is 1.86 bits per heavy atom. The van der Waals surface area contributed by atoms with Crippen LogP contribution in [-0.2, 0) is 22.0 Å². The quantitative estimate of drug-likeness (QED) is 0.673. The van der Waals surface area contributed by atoms with Crippen molar-refractivity contribution < 1.29 is 15.7 Å². The molecule has 0 unspecified atom stereocenters. The van der Waals surface area contributed by atoms with Gasteiger partial charge in [0.1, 0.15) is 5.78 Å². The number of hydrogen-bond donors (Lipinski definition) is 1. The van der Waals surface area contributed by atoms with Crippen molar-refractivity contribution in [3.8, 4) is 11.5 Å². The molecular weight excluding hydrogens is 350 g/mol. The third kappa shape index (κ3) is 2.79. The highest BCUT2D eigenvalue weighted by Crippen LogP contribution is 2.51. The lowest BCUT2D eigenvalue weighted by Crippen LogP contribution is -2.22. The van der Waals surface area contributed by atoms with Crippen LogP contribution in [0.3, 0.4) is 0 Å². The number of benzene rings is 2. The lowest BCUT2D eigenvalue weighted by molar-refractivity contribution is -0.120. The number of fused-ring (bicyclic) bond motifs is 2. The zero-order valence-corrected chi connectivity index (χ0v) is 16.6. The van der Waals surface area contributed by atoms with Crippen LogP contribution in [0.1, 0.15) is 51.9 Å². The molecule has 1 N–H and O–H groups in total. The molecule has 2 heterocycles. The van der Waals surface area contributed by atoms with E-state index in [0.717, 1.165) is 41.0 Å². The Balaban J connectivity index is 0.00000205. The first kappa shape index (κ1) is 17.4.